The van der Waals surface area contributed by atoms with E-state index in [0.29, 0.717) is 5.92 Å². The van der Waals surface area contributed by atoms with Crippen LogP contribution >= 0.6 is 0 Å². The summed E-state index contributed by atoms with van der Waals surface area (Å²) in [5.74, 6) is 0.522. The molecule has 0 bridgehead atoms. The molecule has 0 heterocycles. The Morgan fingerprint density at radius 1 is 1.11 bits per heavy atom. The van der Waals surface area contributed by atoms with Crippen molar-refractivity contribution in [2.45, 2.75) is 81.1 Å². The molecule has 1 aromatic rings. The maximum Gasteiger partial charge on any atom is -0.0147 e. The Kier molecular flexibility index (Phi) is 9.56. The van der Waals surface area contributed by atoms with Crippen LogP contribution in [0.5, 0.6) is 0 Å². The molecule has 1 aliphatic rings. The van der Waals surface area contributed by atoms with Gasteiger partial charge >= 0.3 is 0 Å². The molecule has 1 aliphatic carbocycles. The van der Waals surface area contributed by atoms with Crippen LogP contribution in [0.3, 0.4) is 0 Å². The Morgan fingerprint density at radius 2 is 1.74 bits per heavy atom. The smallest absolute Gasteiger partial charge is 0.0147 e. The van der Waals surface area contributed by atoms with Crippen LogP contribution in [0.15, 0.2) is 53.7 Å². The number of allylic oxidation sites excluding steroid dienone is 7. The molecule has 0 aromatic heterocycles. The average molecular weight is 365 g/mol. The maximum atomic E-state index is 3.86. The normalized spacial score (nSPS) is 18.6. The van der Waals surface area contributed by atoms with Crippen molar-refractivity contribution in [3.63, 3.8) is 0 Å². The molecule has 1 aromatic carbocycles. The van der Waals surface area contributed by atoms with Crippen LogP contribution in [-0.2, 0) is 6.42 Å². The summed E-state index contributed by atoms with van der Waals surface area (Å²) in [6.07, 6.45) is 10.9. The van der Waals surface area contributed by atoms with E-state index in [4.69, 9.17) is 0 Å². The minimum absolute atomic E-state index is 0.522. The SMILES string of the molecule is C=C/C=C\C1=C(C)C(=C(\CC)CCC)/c2cc(C)c(C)cc2CC1C.CC. The molecule has 0 aliphatic heterocycles. The highest BCUT2D eigenvalue weighted by atomic mass is 14.3. The van der Waals surface area contributed by atoms with Gasteiger partial charge in [-0.15, -0.1) is 0 Å². The van der Waals surface area contributed by atoms with Gasteiger partial charge < -0.3 is 0 Å². The Hall–Kier alpha value is -1.82. The van der Waals surface area contributed by atoms with Gasteiger partial charge in [0, 0.05) is 0 Å². The van der Waals surface area contributed by atoms with Gasteiger partial charge in [0.1, 0.15) is 0 Å². The number of benzene rings is 1. The van der Waals surface area contributed by atoms with E-state index < -0.39 is 0 Å². The molecule has 0 fully saturated rings. The minimum Gasteiger partial charge on any atom is -0.0991 e. The van der Waals surface area contributed by atoms with Gasteiger partial charge in [-0.3, -0.25) is 0 Å². The van der Waals surface area contributed by atoms with E-state index in [1.54, 1.807) is 5.57 Å². The molecule has 0 spiro atoms. The van der Waals surface area contributed by atoms with Crippen LogP contribution in [0.2, 0.25) is 0 Å². The van der Waals surface area contributed by atoms with E-state index in [1.165, 1.54) is 51.8 Å². The first-order valence-electron chi connectivity index (χ1n) is 10.8. The maximum absolute atomic E-state index is 3.86. The largest absolute Gasteiger partial charge is 0.0991 e. The lowest BCUT2D eigenvalue weighted by Crippen LogP contribution is -2.02. The second kappa shape index (κ2) is 11.1. The molecule has 0 N–H and O–H groups in total. The van der Waals surface area contributed by atoms with Crippen LogP contribution in [0.4, 0.5) is 0 Å². The van der Waals surface area contributed by atoms with E-state index in [-0.39, 0.29) is 0 Å². The fourth-order valence-corrected chi connectivity index (χ4v) is 4.13. The fourth-order valence-electron chi connectivity index (χ4n) is 4.13. The van der Waals surface area contributed by atoms with Crippen molar-refractivity contribution >= 4 is 5.57 Å². The monoisotopic (exact) mass is 364 g/mol. The molecule has 0 nitrogen and oxygen atoms in total. The Labute approximate surface area is 168 Å². The molecule has 27 heavy (non-hydrogen) atoms. The summed E-state index contributed by atoms with van der Waals surface area (Å²) >= 11 is 0. The third-order valence-corrected chi connectivity index (χ3v) is 5.60. The van der Waals surface area contributed by atoms with Crippen molar-refractivity contribution < 1.29 is 0 Å². The summed E-state index contributed by atoms with van der Waals surface area (Å²) in [5, 5.41) is 0. The minimum atomic E-state index is 0.522. The van der Waals surface area contributed by atoms with E-state index in [1.807, 2.05) is 19.9 Å². The predicted molar refractivity (Wildman–Crippen MR) is 124 cm³/mol. The molecule has 1 unspecified atom stereocenters. The summed E-state index contributed by atoms with van der Waals surface area (Å²) in [6, 6.07) is 4.86. The lowest BCUT2D eigenvalue weighted by atomic mass is 9.86. The molecule has 0 radical (unpaired) electrons. The van der Waals surface area contributed by atoms with Gasteiger partial charge in [0.25, 0.3) is 0 Å². The summed E-state index contributed by atoms with van der Waals surface area (Å²) in [4.78, 5) is 0. The molecule has 2 rings (SSSR count). The first-order valence-corrected chi connectivity index (χ1v) is 10.8. The summed E-state index contributed by atoms with van der Waals surface area (Å²) in [5.41, 5.74) is 11.8. The van der Waals surface area contributed by atoms with Gasteiger partial charge in [0.05, 0.1) is 0 Å². The highest BCUT2D eigenvalue weighted by molar-refractivity contribution is 5.85. The highest BCUT2D eigenvalue weighted by Crippen LogP contribution is 2.41. The third kappa shape index (κ3) is 5.34. The lowest BCUT2D eigenvalue weighted by molar-refractivity contribution is 0.692. The molecular formula is C27H40. The number of hydrogen-bond acceptors (Lipinski definition) is 0. The number of rotatable bonds is 5. The predicted octanol–water partition coefficient (Wildman–Crippen LogP) is 8.54. The van der Waals surface area contributed by atoms with Crippen LogP contribution in [-0.4, -0.2) is 0 Å². The summed E-state index contributed by atoms with van der Waals surface area (Å²) in [6.45, 7) is 21.6. The van der Waals surface area contributed by atoms with E-state index >= 15 is 0 Å². The van der Waals surface area contributed by atoms with Gasteiger partial charge in [-0.1, -0.05) is 83.6 Å². The van der Waals surface area contributed by atoms with Crippen LogP contribution < -0.4 is 0 Å². The molecule has 0 saturated carbocycles. The summed E-state index contributed by atoms with van der Waals surface area (Å²) in [7, 11) is 0. The average Bonchev–Trinajstić information content (AvgIpc) is 2.75. The summed E-state index contributed by atoms with van der Waals surface area (Å²) < 4.78 is 0. The third-order valence-electron chi connectivity index (χ3n) is 5.60. The van der Waals surface area contributed by atoms with Crippen molar-refractivity contribution in [3.8, 4) is 0 Å². The molecule has 0 amide bonds. The zero-order valence-corrected chi connectivity index (χ0v) is 19.0. The van der Waals surface area contributed by atoms with Crippen molar-refractivity contribution in [2.75, 3.05) is 0 Å². The topological polar surface area (TPSA) is 0 Å². The van der Waals surface area contributed by atoms with Gasteiger partial charge in [0.2, 0.25) is 0 Å². The Balaban J connectivity index is 0.00000176. The number of hydrogen-bond donors (Lipinski definition) is 0. The fraction of sp³-hybridized carbons (Fsp3) is 0.481. The Bertz CT molecular complexity index is 738. The van der Waals surface area contributed by atoms with E-state index in [9.17, 15) is 0 Å². The number of aryl methyl sites for hydroxylation is 2. The van der Waals surface area contributed by atoms with Gasteiger partial charge in [-0.25, -0.2) is 0 Å². The Morgan fingerprint density at radius 3 is 2.30 bits per heavy atom. The van der Waals surface area contributed by atoms with Crippen LogP contribution in [0.25, 0.3) is 5.57 Å². The first kappa shape index (κ1) is 23.2. The quantitative estimate of drug-likeness (QED) is 0.459. The number of fused-ring (bicyclic) bond motifs is 1. The molecule has 148 valence electrons. The van der Waals surface area contributed by atoms with E-state index in [0.717, 1.165) is 12.8 Å². The van der Waals surface area contributed by atoms with Crippen LogP contribution in [0.1, 0.15) is 83.1 Å². The second-order valence-corrected chi connectivity index (χ2v) is 7.46. The molecule has 1 atom stereocenters. The van der Waals surface area contributed by atoms with Crippen molar-refractivity contribution in [3.05, 3.63) is 75.9 Å². The molecule has 0 heteroatoms. The van der Waals surface area contributed by atoms with Crippen molar-refractivity contribution in [1.29, 1.82) is 0 Å². The van der Waals surface area contributed by atoms with Gasteiger partial charge in [0.15, 0.2) is 0 Å². The lowest BCUT2D eigenvalue weighted by Gasteiger charge is -2.19. The molecular weight excluding hydrogens is 324 g/mol. The highest BCUT2D eigenvalue weighted by Gasteiger charge is 2.24. The zero-order chi connectivity index (χ0) is 20.6. The van der Waals surface area contributed by atoms with E-state index in [2.05, 4.69) is 72.4 Å². The standard InChI is InChI=1S/C25H34.C2H6/c1-8-11-13-23-19(6)15-22-14-17(4)18(5)16-24(22)25(20(23)7)21(10-3)12-9-2;1-2/h8,11,13-14,16,19H,1,9-10,12,15H2,2-7H3;1-2H3/b13-11-,25-21-;. The first-order chi connectivity index (χ1) is 12.9. The second-order valence-electron chi connectivity index (χ2n) is 7.46. The van der Waals surface area contributed by atoms with Crippen LogP contribution in [0, 0.1) is 19.8 Å². The molecule has 0 saturated heterocycles. The van der Waals surface area contributed by atoms with Crippen molar-refractivity contribution in [2.24, 2.45) is 5.92 Å². The van der Waals surface area contributed by atoms with Crippen molar-refractivity contribution in [1.82, 2.24) is 0 Å². The zero-order valence-electron chi connectivity index (χ0n) is 19.0. The van der Waals surface area contributed by atoms with Gasteiger partial charge in [-0.2, -0.15) is 0 Å². The van der Waals surface area contributed by atoms with Gasteiger partial charge in [-0.05, 0) is 84.9 Å².